The molecule has 0 spiro atoms. The first kappa shape index (κ1) is 20.9. The number of benzene rings is 1. The van der Waals surface area contributed by atoms with Crippen molar-refractivity contribution in [2.45, 2.75) is 25.4 Å². The lowest BCUT2D eigenvalue weighted by Crippen LogP contribution is -2.21. The molecule has 1 aromatic heterocycles. The summed E-state index contributed by atoms with van der Waals surface area (Å²) in [7, 11) is 2.40. The fourth-order valence-electron chi connectivity index (χ4n) is 3.10. The van der Waals surface area contributed by atoms with Crippen LogP contribution < -0.4 is 9.47 Å². The van der Waals surface area contributed by atoms with E-state index >= 15 is 0 Å². The minimum absolute atomic E-state index is 0.0418. The number of carbonyl (C=O) groups excluding carboxylic acids is 1. The summed E-state index contributed by atoms with van der Waals surface area (Å²) in [6, 6.07) is 3.73. The molecule has 0 amide bonds. The molecule has 7 nitrogen and oxygen atoms in total. The quantitative estimate of drug-likeness (QED) is 0.549. The third-order valence-electron chi connectivity index (χ3n) is 4.35. The van der Waals surface area contributed by atoms with Crippen LogP contribution in [0.4, 0.5) is 17.6 Å². The number of alkyl halides is 4. The molecule has 3 rings (SSSR count). The molecule has 11 heteroatoms. The van der Waals surface area contributed by atoms with Crippen LogP contribution in [0.3, 0.4) is 0 Å². The Kier molecular flexibility index (Phi) is 5.96. The van der Waals surface area contributed by atoms with Crippen LogP contribution in [-0.2, 0) is 22.4 Å². The molecule has 1 aliphatic rings. The highest BCUT2D eigenvalue weighted by Gasteiger charge is 2.33. The van der Waals surface area contributed by atoms with E-state index in [0.29, 0.717) is 17.7 Å². The topological polar surface area (TPSA) is 71.8 Å². The number of rotatable bonds is 5. The fraction of sp³-hybridized carbons (Fsp3) is 0.444. The van der Waals surface area contributed by atoms with Crippen LogP contribution in [0.5, 0.6) is 11.5 Å². The zero-order valence-electron chi connectivity index (χ0n) is 15.6. The number of methoxy groups -OCH3 is 2. The normalized spacial score (nSPS) is 16.7. The first-order valence-electron chi connectivity index (χ1n) is 8.56. The fourth-order valence-corrected chi connectivity index (χ4v) is 3.10. The van der Waals surface area contributed by atoms with E-state index < -0.39 is 30.9 Å². The van der Waals surface area contributed by atoms with Crippen molar-refractivity contribution in [3.63, 3.8) is 0 Å². The van der Waals surface area contributed by atoms with Gasteiger partial charge in [0.2, 0.25) is 0 Å². The van der Waals surface area contributed by atoms with Crippen molar-refractivity contribution < 1.29 is 41.3 Å². The summed E-state index contributed by atoms with van der Waals surface area (Å²) in [6.45, 7) is -0.480. The highest BCUT2D eigenvalue weighted by molar-refractivity contribution is 5.89. The lowest BCUT2D eigenvalue weighted by molar-refractivity contribution is -0.275. The number of nitrogens with zero attached hydrogens (tertiary/aromatic N) is 2. The van der Waals surface area contributed by atoms with Gasteiger partial charge in [-0.15, -0.1) is 13.2 Å². The SMILES string of the molecule is COC(=O)c1nc(-c2ccc(OC(F)(F)F)c(OC)c2)n2c1CCO[C@H](CF)C2. The zero-order chi connectivity index (χ0) is 21.2. The summed E-state index contributed by atoms with van der Waals surface area (Å²) >= 11 is 0. The molecule has 2 aromatic rings. The molecule has 0 radical (unpaired) electrons. The van der Waals surface area contributed by atoms with E-state index in [1.165, 1.54) is 26.4 Å². The molecule has 1 atom stereocenters. The molecular formula is C18H18F4N2O5. The molecule has 0 saturated carbocycles. The Bertz CT molecular complexity index is 897. The largest absolute Gasteiger partial charge is 0.573 e. The maximum atomic E-state index is 13.3. The summed E-state index contributed by atoms with van der Waals surface area (Å²) in [4.78, 5) is 16.5. The van der Waals surface area contributed by atoms with Gasteiger partial charge in [-0.05, 0) is 18.2 Å². The van der Waals surface area contributed by atoms with E-state index in [1.54, 1.807) is 4.57 Å². The lowest BCUT2D eigenvalue weighted by Gasteiger charge is -2.16. The number of hydrogen-bond acceptors (Lipinski definition) is 6. The Morgan fingerprint density at radius 3 is 2.69 bits per heavy atom. The predicted octanol–water partition coefficient (Wildman–Crippen LogP) is 3.15. The van der Waals surface area contributed by atoms with Gasteiger partial charge in [0.05, 0.1) is 33.1 Å². The molecule has 0 unspecified atom stereocenters. The second-order valence-electron chi connectivity index (χ2n) is 6.14. The summed E-state index contributed by atoms with van der Waals surface area (Å²) in [5.74, 6) is -1.13. The smallest absolute Gasteiger partial charge is 0.493 e. The van der Waals surface area contributed by atoms with Gasteiger partial charge < -0.3 is 23.5 Å². The van der Waals surface area contributed by atoms with E-state index in [-0.39, 0.29) is 30.4 Å². The summed E-state index contributed by atoms with van der Waals surface area (Å²) in [5.41, 5.74) is 0.893. The van der Waals surface area contributed by atoms with Crippen molar-refractivity contribution in [1.29, 1.82) is 0 Å². The van der Waals surface area contributed by atoms with Gasteiger partial charge in [-0.1, -0.05) is 0 Å². The molecule has 0 N–H and O–H groups in total. The van der Waals surface area contributed by atoms with Crippen LogP contribution >= 0.6 is 0 Å². The molecule has 2 heterocycles. The van der Waals surface area contributed by atoms with Crippen LogP contribution in [0.25, 0.3) is 11.4 Å². The minimum Gasteiger partial charge on any atom is -0.493 e. The maximum Gasteiger partial charge on any atom is 0.573 e. The number of fused-ring (bicyclic) bond motifs is 1. The molecule has 0 saturated heterocycles. The van der Waals surface area contributed by atoms with Crippen LogP contribution in [0.2, 0.25) is 0 Å². The first-order chi connectivity index (χ1) is 13.8. The number of hydrogen-bond donors (Lipinski definition) is 0. The number of aromatic nitrogens is 2. The van der Waals surface area contributed by atoms with Gasteiger partial charge in [0.1, 0.15) is 18.6 Å². The van der Waals surface area contributed by atoms with Gasteiger partial charge in [-0.25, -0.2) is 14.2 Å². The van der Waals surface area contributed by atoms with Crippen LogP contribution in [0, 0.1) is 0 Å². The second-order valence-corrected chi connectivity index (χ2v) is 6.14. The van der Waals surface area contributed by atoms with Gasteiger partial charge in [0, 0.05) is 12.0 Å². The van der Waals surface area contributed by atoms with Gasteiger partial charge in [-0.2, -0.15) is 0 Å². The summed E-state index contributed by atoms with van der Waals surface area (Å²) < 4.78 is 71.7. The van der Waals surface area contributed by atoms with E-state index in [2.05, 4.69) is 9.72 Å². The van der Waals surface area contributed by atoms with Crippen molar-refractivity contribution in [2.24, 2.45) is 0 Å². The Labute approximate surface area is 163 Å². The minimum atomic E-state index is -4.89. The number of ether oxygens (including phenoxy) is 4. The average Bonchev–Trinajstić information content (AvgIpc) is 2.90. The zero-order valence-corrected chi connectivity index (χ0v) is 15.6. The van der Waals surface area contributed by atoms with Gasteiger partial charge in [-0.3, -0.25) is 0 Å². The number of halogens is 4. The van der Waals surface area contributed by atoms with Gasteiger partial charge in [0.15, 0.2) is 17.2 Å². The standard InChI is InChI=1S/C18H18F4N2O5/c1-26-14-7-10(3-4-13(14)29-18(20,21)22)16-23-15(17(25)27-2)12-5-6-28-11(8-19)9-24(12)16/h3-4,7,11H,5-6,8-9H2,1-2H3/t11-/m1/s1. The van der Waals surface area contributed by atoms with Crippen molar-refractivity contribution in [3.05, 3.63) is 29.6 Å². The van der Waals surface area contributed by atoms with Crippen molar-refractivity contribution in [1.82, 2.24) is 9.55 Å². The average molecular weight is 418 g/mol. The highest BCUT2D eigenvalue weighted by atomic mass is 19.4. The Balaban J connectivity index is 2.10. The molecule has 1 aromatic carbocycles. The van der Waals surface area contributed by atoms with E-state index in [0.717, 1.165) is 6.07 Å². The predicted molar refractivity (Wildman–Crippen MR) is 91.7 cm³/mol. The third kappa shape index (κ3) is 4.44. The Morgan fingerprint density at radius 1 is 1.31 bits per heavy atom. The first-order valence-corrected chi connectivity index (χ1v) is 8.56. The number of esters is 1. The Morgan fingerprint density at radius 2 is 2.07 bits per heavy atom. The number of imidazole rings is 1. The highest BCUT2D eigenvalue weighted by Crippen LogP contribution is 2.36. The molecule has 158 valence electrons. The molecule has 29 heavy (non-hydrogen) atoms. The van der Waals surface area contributed by atoms with E-state index in [4.69, 9.17) is 14.2 Å². The van der Waals surface area contributed by atoms with Gasteiger partial charge in [0.25, 0.3) is 0 Å². The molecule has 0 bridgehead atoms. The van der Waals surface area contributed by atoms with Crippen molar-refractivity contribution in [3.8, 4) is 22.9 Å². The Hall–Kier alpha value is -2.82. The van der Waals surface area contributed by atoms with E-state index in [1.807, 2.05) is 0 Å². The molecule has 0 fully saturated rings. The summed E-state index contributed by atoms with van der Waals surface area (Å²) in [5, 5.41) is 0. The molecule has 1 aliphatic heterocycles. The van der Waals surface area contributed by atoms with Gasteiger partial charge >= 0.3 is 12.3 Å². The monoisotopic (exact) mass is 418 g/mol. The van der Waals surface area contributed by atoms with E-state index in [9.17, 15) is 22.4 Å². The lowest BCUT2D eigenvalue weighted by atomic mass is 10.2. The summed E-state index contributed by atoms with van der Waals surface area (Å²) in [6.07, 6.45) is -5.34. The van der Waals surface area contributed by atoms with Crippen molar-refractivity contribution >= 4 is 5.97 Å². The van der Waals surface area contributed by atoms with Crippen LogP contribution in [-0.4, -0.2) is 55.5 Å². The number of carbonyl (C=O) groups is 1. The molecule has 0 aliphatic carbocycles. The molecular weight excluding hydrogens is 400 g/mol. The third-order valence-corrected chi connectivity index (χ3v) is 4.35. The second kappa shape index (κ2) is 8.27. The van der Waals surface area contributed by atoms with Crippen LogP contribution in [0.15, 0.2) is 18.2 Å². The maximum absolute atomic E-state index is 13.3. The van der Waals surface area contributed by atoms with Crippen LogP contribution in [0.1, 0.15) is 16.2 Å². The van der Waals surface area contributed by atoms with Crippen molar-refractivity contribution in [2.75, 3.05) is 27.5 Å².